The molecule has 3 nitrogen and oxygen atoms in total. The molecule has 0 bridgehead atoms. The van der Waals surface area contributed by atoms with E-state index in [-0.39, 0.29) is 5.82 Å². The molecule has 0 unspecified atom stereocenters. The number of benzene rings is 3. The first-order chi connectivity index (χ1) is 12.2. The summed E-state index contributed by atoms with van der Waals surface area (Å²) in [6.07, 6.45) is 1.70. The average Bonchev–Trinajstić information content (AvgIpc) is 2.64. The second-order valence-electron chi connectivity index (χ2n) is 5.72. The molecular formula is C21H19FN2O. The molecule has 3 aromatic rings. The Labute approximate surface area is 146 Å². The third-order valence-corrected chi connectivity index (χ3v) is 3.66. The molecule has 3 aromatic carbocycles. The van der Waals surface area contributed by atoms with Gasteiger partial charge in [-0.1, -0.05) is 29.8 Å². The molecule has 0 fully saturated rings. The molecule has 126 valence electrons. The highest BCUT2D eigenvalue weighted by Crippen LogP contribution is 2.14. The number of aryl methyl sites for hydroxylation is 1. The van der Waals surface area contributed by atoms with Crippen molar-refractivity contribution in [3.63, 3.8) is 0 Å². The van der Waals surface area contributed by atoms with Gasteiger partial charge in [-0.05, 0) is 66.6 Å². The summed E-state index contributed by atoms with van der Waals surface area (Å²) in [5, 5.41) is 4.13. The van der Waals surface area contributed by atoms with Gasteiger partial charge in [-0.3, -0.25) is 5.43 Å². The minimum Gasteiger partial charge on any atom is -0.489 e. The van der Waals surface area contributed by atoms with Crippen LogP contribution in [0, 0.1) is 12.7 Å². The first-order valence-electron chi connectivity index (χ1n) is 8.02. The topological polar surface area (TPSA) is 33.6 Å². The van der Waals surface area contributed by atoms with Crippen LogP contribution in [0.4, 0.5) is 10.1 Å². The van der Waals surface area contributed by atoms with Gasteiger partial charge in [-0.25, -0.2) is 4.39 Å². The van der Waals surface area contributed by atoms with Crippen LogP contribution in [0.15, 0.2) is 77.9 Å². The smallest absolute Gasteiger partial charge is 0.123 e. The molecule has 25 heavy (non-hydrogen) atoms. The van der Waals surface area contributed by atoms with Gasteiger partial charge in [0.1, 0.15) is 18.2 Å². The Morgan fingerprint density at radius 1 is 0.920 bits per heavy atom. The van der Waals surface area contributed by atoms with Crippen molar-refractivity contribution in [2.45, 2.75) is 13.5 Å². The molecule has 0 aliphatic heterocycles. The molecule has 0 aliphatic rings. The van der Waals surface area contributed by atoms with Gasteiger partial charge < -0.3 is 4.74 Å². The van der Waals surface area contributed by atoms with Gasteiger partial charge in [0, 0.05) is 0 Å². The van der Waals surface area contributed by atoms with E-state index in [2.05, 4.69) is 41.7 Å². The van der Waals surface area contributed by atoms with Gasteiger partial charge in [0.25, 0.3) is 0 Å². The van der Waals surface area contributed by atoms with E-state index in [1.165, 1.54) is 17.7 Å². The molecular weight excluding hydrogens is 315 g/mol. The monoisotopic (exact) mass is 334 g/mol. The predicted molar refractivity (Wildman–Crippen MR) is 99.6 cm³/mol. The number of rotatable bonds is 6. The summed E-state index contributed by atoms with van der Waals surface area (Å²) in [5.41, 5.74) is 6.91. The summed E-state index contributed by atoms with van der Waals surface area (Å²) in [6, 6.07) is 22.0. The zero-order valence-electron chi connectivity index (χ0n) is 13.9. The van der Waals surface area contributed by atoms with Crippen LogP contribution in [-0.2, 0) is 6.61 Å². The molecule has 3 rings (SSSR count). The maximum Gasteiger partial charge on any atom is 0.123 e. The molecule has 0 heterocycles. The normalized spacial score (nSPS) is 10.8. The highest BCUT2D eigenvalue weighted by molar-refractivity contribution is 5.80. The van der Waals surface area contributed by atoms with Crippen LogP contribution in [0.2, 0.25) is 0 Å². The highest BCUT2D eigenvalue weighted by Gasteiger charge is 1.97. The molecule has 0 aromatic heterocycles. The van der Waals surface area contributed by atoms with Crippen LogP contribution in [0.5, 0.6) is 5.75 Å². The van der Waals surface area contributed by atoms with Crippen LogP contribution in [0.3, 0.4) is 0 Å². The van der Waals surface area contributed by atoms with Gasteiger partial charge in [0.2, 0.25) is 0 Å². The number of nitrogens with zero attached hydrogens (tertiary/aromatic N) is 1. The largest absolute Gasteiger partial charge is 0.489 e. The Morgan fingerprint density at radius 3 is 2.28 bits per heavy atom. The summed E-state index contributed by atoms with van der Waals surface area (Å²) < 4.78 is 18.6. The van der Waals surface area contributed by atoms with E-state index in [1.54, 1.807) is 18.3 Å². The third-order valence-electron chi connectivity index (χ3n) is 3.66. The lowest BCUT2D eigenvalue weighted by Crippen LogP contribution is -1.95. The van der Waals surface area contributed by atoms with Crippen molar-refractivity contribution >= 4 is 11.9 Å². The molecule has 4 heteroatoms. The Balaban J connectivity index is 1.52. The van der Waals surface area contributed by atoms with Crippen LogP contribution >= 0.6 is 0 Å². The van der Waals surface area contributed by atoms with E-state index in [0.717, 1.165) is 22.6 Å². The fraction of sp³-hybridized carbons (Fsp3) is 0.0952. The number of ether oxygens (including phenoxy) is 1. The summed E-state index contributed by atoms with van der Waals surface area (Å²) in [7, 11) is 0. The quantitative estimate of drug-likeness (QED) is 0.499. The molecule has 0 saturated carbocycles. The molecule has 1 N–H and O–H groups in total. The number of nitrogens with one attached hydrogen (secondary N) is 1. The standard InChI is InChI=1S/C21H19FN2O/c1-16-2-4-18(5-3-16)15-25-21-12-6-17(7-13-21)14-23-24-20-10-8-19(22)9-11-20/h2-14,24H,15H2,1H3. The lowest BCUT2D eigenvalue weighted by atomic mass is 10.2. The van der Waals surface area contributed by atoms with Crippen LogP contribution in [0.25, 0.3) is 0 Å². The first-order valence-corrected chi connectivity index (χ1v) is 8.02. The van der Waals surface area contributed by atoms with E-state index in [0.29, 0.717) is 6.61 Å². The summed E-state index contributed by atoms with van der Waals surface area (Å²) in [5.74, 6) is 0.542. The number of hydrazone groups is 1. The fourth-order valence-corrected chi connectivity index (χ4v) is 2.21. The van der Waals surface area contributed by atoms with Gasteiger partial charge in [0.05, 0.1) is 11.9 Å². The maximum absolute atomic E-state index is 12.8. The van der Waals surface area contributed by atoms with E-state index >= 15 is 0 Å². The summed E-state index contributed by atoms with van der Waals surface area (Å²) in [6.45, 7) is 2.61. The Morgan fingerprint density at radius 2 is 1.60 bits per heavy atom. The Bertz CT molecular complexity index is 825. The number of anilines is 1. The summed E-state index contributed by atoms with van der Waals surface area (Å²) >= 11 is 0. The van der Waals surface area contributed by atoms with E-state index in [1.807, 2.05) is 24.3 Å². The zero-order valence-corrected chi connectivity index (χ0v) is 13.9. The number of hydrogen-bond donors (Lipinski definition) is 1. The van der Waals surface area contributed by atoms with Gasteiger partial charge >= 0.3 is 0 Å². The van der Waals surface area contributed by atoms with Crippen molar-refractivity contribution in [2.75, 3.05) is 5.43 Å². The number of hydrogen-bond acceptors (Lipinski definition) is 3. The highest BCUT2D eigenvalue weighted by atomic mass is 19.1. The lowest BCUT2D eigenvalue weighted by molar-refractivity contribution is 0.306. The minimum absolute atomic E-state index is 0.268. The maximum atomic E-state index is 12.8. The van der Waals surface area contributed by atoms with E-state index in [4.69, 9.17) is 4.74 Å². The van der Waals surface area contributed by atoms with Gasteiger partial charge in [0.15, 0.2) is 0 Å². The first kappa shape index (κ1) is 16.7. The molecule has 0 amide bonds. The molecule has 0 spiro atoms. The van der Waals surface area contributed by atoms with Gasteiger partial charge in [-0.2, -0.15) is 5.10 Å². The van der Waals surface area contributed by atoms with Crippen molar-refractivity contribution in [3.8, 4) is 5.75 Å². The molecule has 0 radical (unpaired) electrons. The van der Waals surface area contributed by atoms with E-state index < -0.39 is 0 Å². The number of halogens is 1. The van der Waals surface area contributed by atoms with Crippen molar-refractivity contribution in [1.82, 2.24) is 0 Å². The van der Waals surface area contributed by atoms with E-state index in [9.17, 15) is 4.39 Å². The van der Waals surface area contributed by atoms with Crippen molar-refractivity contribution in [2.24, 2.45) is 5.10 Å². The van der Waals surface area contributed by atoms with Crippen molar-refractivity contribution in [1.29, 1.82) is 0 Å². The summed E-state index contributed by atoms with van der Waals surface area (Å²) in [4.78, 5) is 0. The SMILES string of the molecule is Cc1ccc(COc2ccc(C=NNc3ccc(F)cc3)cc2)cc1. The third kappa shape index (κ3) is 5.18. The van der Waals surface area contributed by atoms with Crippen LogP contribution in [-0.4, -0.2) is 6.21 Å². The molecule has 0 saturated heterocycles. The minimum atomic E-state index is -0.268. The lowest BCUT2D eigenvalue weighted by Gasteiger charge is -2.07. The molecule has 0 atom stereocenters. The second kappa shape index (κ2) is 8.11. The van der Waals surface area contributed by atoms with Crippen LogP contribution < -0.4 is 10.2 Å². The van der Waals surface area contributed by atoms with Gasteiger partial charge in [-0.15, -0.1) is 0 Å². The Hall–Kier alpha value is -3.14. The second-order valence-corrected chi connectivity index (χ2v) is 5.72. The average molecular weight is 334 g/mol. The predicted octanol–water partition coefficient (Wildman–Crippen LogP) is 5.16. The van der Waals surface area contributed by atoms with Crippen molar-refractivity contribution < 1.29 is 9.13 Å². The van der Waals surface area contributed by atoms with Crippen LogP contribution in [0.1, 0.15) is 16.7 Å². The zero-order chi connectivity index (χ0) is 17.5. The Kier molecular flexibility index (Phi) is 5.42. The van der Waals surface area contributed by atoms with Crippen molar-refractivity contribution in [3.05, 3.63) is 95.3 Å². The fourth-order valence-electron chi connectivity index (χ4n) is 2.21. The molecule has 0 aliphatic carbocycles.